The summed E-state index contributed by atoms with van der Waals surface area (Å²) in [6, 6.07) is 7.30. The van der Waals surface area contributed by atoms with Crippen LogP contribution in [-0.2, 0) is 0 Å². The van der Waals surface area contributed by atoms with Gasteiger partial charge in [-0.2, -0.15) is 0 Å². The van der Waals surface area contributed by atoms with Crippen molar-refractivity contribution in [2.75, 3.05) is 0 Å². The zero-order valence-electron chi connectivity index (χ0n) is 11.1. The first-order chi connectivity index (χ1) is 10.6. The van der Waals surface area contributed by atoms with E-state index in [0.717, 1.165) is 24.3 Å². The lowest BCUT2D eigenvalue weighted by molar-refractivity contribution is -0.276. The molecule has 0 saturated heterocycles. The molecule has 0 bridgehead atoms. The first-order valence-electron chi connectivity index (χ1n) is 5.99. The van der Waals surface area contributed by atoms with Gasteiger partial charge in [0.05, 0.1) is 0 Å². The molecule has 124 valence electrons. The maximum Gasteiger partial charge on any atom is 0.573 e. The Morgan fingerprint density at radius 3 is 1.83 bits per heavy atom. The van der Waals surface area contributed by atoms with E-state index < -0.39 is 30.0 Å². The first kappa shape index (κ1) is 16.8. The summed E-state index contributed by atoms with van der Waals surface area (Å²) in [5.74, 6) is -2.09. The molecular formula is C14H8F6O3. The monoisotopic (exact) mass is 338 g/mol. The maximum absolute atomic E-state index is 12.4. The summed E-state index contributed by atoms with van der Waals surface area (Å²) < 4.78 is 82.0. The standard InChI is InChI=1S/C14H8F6O3/c15-13(16,17)22-11-4-2-1-3-9(11)10-6-5-8(21)7-12(10)23-14(18,19)20/h1-7,21H. The van der Waals surface area contributed by atoms with Gasteiger partial charge in [-0.15, -0.1) is 26.3 Å². The van der Waals surface area contributed by atoms with Crippen LogP contribution in [0.2, 0.25) is 0 Å². The summed E-state index contributed by atoms with van der Waals surface area (Å²) in [7, 11) is 0. The molecule has 0 amide bonds. The molecular weight excluding hydrogens is 330 g/mol. The second-order valence-electron chi connectivity index (χ2n) is 4.27. The third-order valence-corrected chi connectivity index (χ3v) is 2.59. The van der Waals surface area contributed by atoms with Gasteiger partial charge in [0.15, 0.2) is 0 Å². The molecule has 0 unspecified atom stereocenters. The van der Waals surface area contributed by atoms with Gasteiger partial charge in [0.25, 0.3) is 0 Å². The fourth-order valence-electron chi connectivity index (χ4n) is 1.85. The summed E-state index contributed by atoms with van der Waals surface area (Å²) in [6.07, 6.45) is -10.1. The van der Waals surface area contributed by atoms with Gasteiger partial charge in [0.1, 0.15) is 17.2 Å². The van der Waals surface area contributed by atoms with Gasteiger partial charge in [-0.05, 0) is 18.2 Å². The van der Waals surface area contributed by atoms with E-state index in [1.165, 1.54) is 12.1 Å². The predicted octanol–water partition coefficient (Wildman–Crippen LogP) is 4.86. The minimum Gasteiger partial charge on any atom is -0.508 e. The molecule has 3 nitrogen and oxygen atoms in total. The van der Waals surface area contributed by atoms with E-state index in [4.69, 9.17) is 0 Å². The fourth-order valence-corrected chi connectivity index (χ4v) is 1.85. The van der Waals surface area contributed by atoms with Crippen molar-refractivity contribution in [2.45, 2.75) is 12.7 Å². The number of halogens is 6. The molecule has 0 aromatic heterocycles. The van der Waals surface area contributed by atoms with Crippen molar-refractivity contribution in [1.29, 1.82) is 0 Å². The number of rotatable bonds is 3. The first-order valence-corrected chi connectivity index (χ1v) is 5.99. The zero-order chi connectivity index (χ0) is 17.3. The molecule has 1 N–H and O–H groups in total. The van der Waals surface area contributed by atoms with E-state index in [0.29, 0.717) is 6.07 Å². The van der Waals surface area contributed by atoms with Crippen LogP contribution in [0.5, 0.6) is 17.2 Å². The van der Waals surface area contributed by atoms with Crippen LogP contribution < -0.4 is 9.47 Å². The Labute approximate surface area is 125 Å². The van der Waals surface area contributed by atoms with Crippen LogP contribution in [0.3, 0.4) is 0 Å². The highest BCUT2D eigenvalue weighted by molar-refractivity contribution is 5.76. The number of phenolic OH excluding ortho intramolecular Hbond substituents is 1. The number of benzene rings is 2. The van der Waals surface area contributed by atoms with E-state index in [1.807, 2.05) is 0 Å². The van der Waals surface area contributed by atoms with Crippen LogP contribution in [-0.4, -0.2) is 17.8 Å². The van der Waals surface area contributed by atoms with Crippen LogP contribution in [0, 0.1) is 0 Å². The molecule has 0 atom stereocenters. The lowest BCUT2D eigenvalue weighted by Gasteiger charge is -2.17. The van der Waals surface area contributed by atoms with Crippen molar-refractivity contribution in [1.82, 2.24) is 0 Å². The molecule has 0 aliphatic heterocycles. The zero-order valence-corrected chi connectivity index (χ0v) is 11.1. The number of para-hydroxylation sites is 1. The van der Waals surface area contributed by atoms with Crippen LogP contribution in [0.4, 0.5) is 26.3 Å². The molecule has 0 spiro atoms. The normalized spacial score (nSPS) is 12.1. The summed E-state index contributed by atoms with van der Waals surface area (Å²) in [5.41, 5.74) is -0.593. The van der Waals surface area contributed by atoms with Gasteiger partial charge < -0.3 is 14.6 Å². The predicted molar refractivity (Wildman–Crippen MR) is 66.9 cm³/mol. The lowest BCUT2D eigenvalue weighted by Crippen LogP contribution is -2.19. The Bertz CT molecular complexity index is 694. The molecule has 0 fully saturated rings. The number of aromatic hydroxyl groups is 1. The van der Waals surface area contributed by atoms with Crippen LogP contribution in [0.1, 0.15) is 0 Å². The molecule has 0 aliphatic rings. The van der Waals surface area contributed by atoms with E-state index in [2.05, 4.69) is 9.47 Å². The number of hydrogen-bond donors (Lipinski definition) is 1. The molecule has 0 saturated carbocycles. The van der Waals surface area contributed by atoms with Crippen LogP contribution in [0.15, 0.2) is 42.5 Å². The fraction of sp³-hybridized carbons (Fsp3) is 0.143. The van der Waals surface area contributed by atoms with Crippen LogP contribution >= 0.6 is 0 Å². The highest BCUT2D eigenvalue weighted by Gasteiger charge is 2.34. The summed E-state index contributed by atoms with van der Waals surface area (Å²) in [5, 5.41) is 9.28. The van der Waals surface area contributed by atoms with Crippen molar-refractivity contribution in [3.8, 4) is 28.4 Å². The highest BCUT2D eigenvalue weighted by atomic mass is 19.4. The molecule has 2 aromatic rings. The minimum atomic E-state index is -5.08. The third kappa shape index (κ3) is 4.70. The van der Waals surface area contributed by atoms with Crippen molar-refractivity contribution in [3.05, 3.63) is 42.5 Å². The minimum absolute atomic E-state index is 0.274. The molecule has 0 aliphatic carbocycles. The van der Waals surface area contributed by atoms with Gasteiger partial charge in [-0.25, -0.2) is 0 Å². The quantitative estimate of drug-likeness (QED) is 0.813. The number of alkyl halides is 6. The summed E-state index contributed by atoms with van der Waals surface area (Å²) >= 11 is 0. The van der Waals surface area contributed by atoms with Crippen molar-refractivity contribution in [2.24, 2.45) is 0 Å². The highest BCUT2D eigenvalue weighted by Crippen LogP contribution is 2.41. The number of hydrogen-bond acceptors (Lipinski definition) is 3. The summed E-state index contributed by atoms with van der Waals surface area (Å²) in [4.78, 5) is 0. The lowest BCUT2D eigenvalue weighted by atomic mass is 10.0. The topological polar surface area (TPSA) is 38.7 Å². The van der Waals surface area contributed by atoms with Crippen molar-refractivity contribution in [3.63, 3.8) is 0 Å². The summed E-state index contributed by atoms with van der Waals surface area (Å²) in [6.45, 7) is 0. The van der Waals surface area contributed by atoms with Gasteiger partial charge >= 0.3 is 12.7 Å². The van der Waals surface area contributed by atoms with E-state index >= 15 is 0 Å². The van der Waals surface area contributed by atoms with Crippen molar-refractivity contribution < 1.29 is 40.9 Å². The maximum atomic E-state index is 12.4. The largest absolute Gasteiger partial charge is 0.573 e. The molecule has 0 heterocycles. The Hall–Kier alpha value is -2.58. The Balaban J connectivity index is 2.54. The Kier molecular flexibility index (Phi) is 4.31. The second kappa shape index (κ2) is 5.90. The van der Waals surface area contributed by atoms with Gasteiger partial charge in [0.2, 0.25) is 0 Å². The number of ether oxygens (including phenoxy) is 2. The van der Waals surface area contributed by atoms with Gasteiger partial charge in [-0.1, -0.05) is 18.2 Å². The average molecular weight is 338 g/mol. The van der Waals surface area contributed by atoms with E-state index in [1.54, 1.807) is 0 Å². The van der Waals surface area contributed by atoms with Crippen molar-refractivity contribution >= 4 is 0 Å². The Morgan fingerprint density at radius 2 is 1.22 bits per heavy atom. The third-order valence-electron chi connectivity index (χ3n) is 2.59. The van der Waals surface area contributed by atoms with E-state index in [-0.39, 0.29) is 11.1 Å². The smallest absolute Gasteiger partial charge is 0.508 e. The molecule has 0 radical (unpaired) electrons. The SMILES string of the molecule is Oc1ccc(-c2ccccc2OC(F)(F)F)c(OC(F)(F)F)c1. The van der Waals surface area contributed by atoms with E-state index in [9.17, 15) is 31.4 Å². The van der Waals surface area contributed by atoms with Crippen LogP contribution in [0.25, 0.3) is 11.1 Å². The molecule has 9 heteroatoms. The second-order valence-corrected chi connectivity index (χ2v) is 4.27. The molecule has 2 aromatic carbocycles. The average Bonchev–Trinajstić information content (AvgIpc) is 2.36. The van der Waals surface area contributed by atoms with Gasteiger partial charge in [-0.3, -0.25) is 0 Å². The molecule has 23 heavy (non-hydrogen) atoms. The van der Waals surface area contributed by atoms with Gasteiger partial charge in [0, 0.05) is 17.2 Å². The number of phenols is 1. The Morgan fingerprint density at radius 1 is 0.696 bits per heavy atom. The molecule has 2 rings (SSSR count).